The smallest absolute Gasteiger partial charge is 0.416 e. The summed E-state index contributed by atoms with van der Waals surface area (Å²) in [5.74, 6) is 0.351. The molecule has 0 aliphatic rings. The molecular weight excluding hydrogens is 154 g/mol. The van der Waals surface area contributed by atoms with Crippen molar-refractivity contribution in [1.82, 2.24) is 0 Å². The van der Waals surface area contributed by atoms with Crippen LogP contribution in [0.25, 0.3) is 0 Å². The summed E-state index contributed by atoms with van der Waals surface area (Å²) in [4.78, 5) is 0. The number of halogens is 1. The number of methoxy groups -OCH3 is 1. The Morgan fingerprint density at radius 1 is 1.60 bits per heavy atom. The number of nitrogens with zero attached hydrogens (tertiary/aromatic N) is 1. The van der Waals surface area contributed by atoms with E-state index in [0.717, 1.165) is 4.73 Å². The quantitative estimate of drug-likeness (QED) is 0.489. The van der Waals surface area contributed by atoms with Crippen LogP contribution in [0, 0.1) is 0 Å². The summed E-state index contributed by atoms with van der Waals surface area (Å²) in [5, 5.41) is 9.46. The van der Waals surface area contributed by atoms with Crippen molar-refractivity contribution in [3.8, 4) is 5.88 Å². The SMILES string of the molecule is COc1ccc(Cl)c[n+]1O. The predicted octanol–water partition coefficient (Wildman–Crippen LogP) is 0.873. The first-order chi connectivity index (χ1) is 4.74. The Morgan fingerprint density at radius 2 is 2.30 bits per heavy atom. The molecule has 0 bridgehead atoms. The van der Waals surface area contributed by atoms with Gasteiger partial charge in [0, 0.05) is 4.73 Å². The lowest BCUT2D eigenvalue weighted by Crippen LogP contribution is -2.31. The van der Waals surface area contributed by atoms with Crippen LogP contribution in [0.4, 0.5) is 0 Å². The summed E-state index contributed by atoms with van der Waals surface area (Å²) >= 11 is 5.54. The predicted molar refractivity (Wildman–Crippen MR) is 35.4 cm³/mol. The standard InChI is InChI=1S/C6H7ClNO2/c1-10-6-3-2-5(7)4-8(6)9/h2-4,9H,1H3/q+1. The lowest BCUT2D eigenvalue weighted by atomic mass is 10.5. The van der Waals surface area contributed by atoms with Gasteiger partial charge in [-0.05, 0) is 6.07 Å². The molecule has 0 spiro atoms. The second kappa shape index (κ2) is 2.75. The third-order valence-electron chi connectivity index (χ3n) is 1.07. The van der Waals surface area contributed by atoms with E-state index in [1.165, 1.54) is 13.3 Å². The summed E-state index contributed by atoms with van der Waals surface area (Å²) < 4.78 is 5.58. The first kappa shape index (κ1) is 7.15. The molecule has 0 unspecified atom stereocenters. The van der Waals surface area contributed by atoms with Crippen LogP contribution in [0.2, 0.25) is 5.02 Å². The topological polar surface area (TPSA) is 33.3 Å². The van der Waals surface area contributed by atoms with E-state index in [-0.39, 0.29) is 0 Å². The van der Waals surface area contributed by atoms with Crippen molar-refractivity contribution in [2.75, 3.05) is 7.11 Å². The fourth-order valence-corrected chi connectivity index (χ4v) is 0.768. The second-order valence-electron chi connectivity index (χ2n) is 1.73. The van der Waals surface area contributed by atoms with E-state index >= 15 is 0 Å². The minimum absolute atomic E-state index is 0.351. The van der Waals surface area contributed by atoms with E-state index in [0.29, 0.717) is 10.9 Å². The number of ether oxygens (including phenoxy) is 1. The van der Waals surface area contributed by atoms with Gasteiger partial charge in [0.1, 0.15) is 5.02 Å². The van der Waals surface area contributed by atoms with Crippen molar-refractivity contribution in [1.29, 1.82) is 0 Å². The average Bonchev–Trinajstić information content (AvgIpc) is 1.88. The molecule has 0 fully saturated rings. The van der Waals surface area contributed by atoms with E-state index in [4.69, 9.17) is 21.5 Å². The van der Waals surface area contributed by atoms with Gasteiger partial charge < -0.3 is 4.74 Å². The van der Waals surface area contributed by atoms with Crippen LogP contribution >= 0.6 is 11.6 Å². The molecule has 0 radical (unpaired) electrons. The molecular formula is C6H7ClNO2+. The van der Waals surface area contributed by atoms with Crippen LogP contribution < -0.4 is 9.47 Å². The molecule has 1 heterocycles. The summed E-state index contributed by atoms with van der Waals surface area (Å²) in [7, 11) is 1.47. The molecule has 1 aromatic rings. The number of aromatic nitrogens is 1. The molecule has 10 heavy (non-hydrogen) atoms. The van der Waals surface area contributed by atoms with Gasteiger partial charge in [0.05, 0.1) is 13.2 Å². The Labute approximate surface area is 63.4 Å². The lowest BCUT2D eigenvalue weighted by Gasteiger charge is -1.92. The fraction of sp³-hybridized carbons (Fsp3) is 0.167. The van der Waals surface area contributed by atoms with Gasteiger partial charge in [0.25, 0.3) is 0 Å². The summed E-state index contributed by atoms with van der Waals surface area (Å²) in [6, 6.07) is 3.20. The number of pyridine rings is 1. The molecule has 0 atom stereocenters. The van der Waals surface area contributed by atoms with Gasteiger partial charge in [-0.1, -0.05) is 11.6 Å². The molecule has 3 nitrogen and oxygen atoms in total. The van der Waals surface area contributed by atoms with Crippen molar-refractivity contribution in [3.05, 3.63) is 23.4 Å². The first-order valence-corrected chi connectivity index (χ1v) is 3.06. The Balaban J connectivity index is 3.07. The van der Waals surface area contributed by atoms with E-state index in [9.17, 15) is 0 Å². The highest BCUT2D eigenvalue weighted by atomic mass is 35.5. The third kappa shape index (κ3) is 1.30. The molecule has 1 aromatic heterocycles. The van der Waals surface area contributed by atoms with Gasteiger partial charge in [-0.15, -0.1) is 0 Å². The molecule has 1 N–H and O–H groups in total. The van der Waals surface area contributed by atoms with Crippen molar-refractivity contribution in [3.63, 3.8) is 0 Å². The minimum atomic E-state index is 0.351. The van der Waals surface area contributed by atoms with Crippen LogP contribution in [0.15, 0.2) is 18.3 Å². The van der Waals surface area contributed by atoms with Crippen molar-refractivity contribution in [2.45, 2.75) is 0 Å². The molecule has 0 saturated heterocycles. The lowest BCUT2D eigenvalue weighted by molar-refractivity contribution is -0.906. The molecule has 0 aliphatic carbocycles. The molecule has 4 heteroatoms. The normalized spacial score (nSPS) is 9.40. The summed E-state index contributed by atoms with van der Waals surface area (Å²) in [5.41, 5.74) is 0. The molecule has 1 rings (SSSR count). The molecule has 0 aromatic carbocycles. The maximum Gasteiger partial charge on any atom is 0.416 e. The van der Waals surface area contributed by atoms with Crippen LogP contribution in [0.5, 0.6) is 5.88 Å². The molecule has 0 amide bonds. The van der Waals surface area contributed by atoms with Gasteiger partial charge in [0.2, 0.25) is 6.20 Å². The highest BCUT2D eigenvalue weighted by molar-refractivity contribution is 6.30. The minimum Gasteiger partial charge on any atom is -0.445 e. The van der Waals surface area contributed by atoms with Gasteiger partial charge in [0.15, 0.2) is 0 Å². The number of hydrogen-bond donors (Lipinski definition) is 1. The van der Waals surface area contributed by atoms with E-state index in [1.54, 1.807) is 12.1 Å². The fourth-order valence-electron chi connectivity index (χ4n) is 0.612. The van der Waals surface area contributed by atoms with Crippen LogP contribution in [0.1, 0.15) is 0 Å². The van der Waals surface area contributed by atoms with Crippen molar-refractivity contribution in [2.24, 2.45) is 0 Å². The van der Waals surface area contributed by atoms with Gasteiger partial charge in [-0.2, -0.15) is 0 Å². The zero-order valence-electron chi connectivity index (χ0n) is 5.41. The summed E-state index contributed by atoms with van der Waals surface area (Å²) in [6.07, 6.45) is 1.35. The number of hydrogen-bond acceptors (Lipinski definition) is 2. The summed E-state index contributed by atoms with van der Waals surface area (Å²) in [6.45, 7) is 0. The Hall–Kier alpha value is -0.960. The molecule has 54 valence electrons. The van der Waals surface area contributed by atoms with E-state index < -0.39 is 0 Å². The second-order valence-corrected chi connectivity index (χ2v) is 2.17. The van der Waals surface area contributed by atoms with E-state index in [2.05, 4.69) is 0 Å². The van der Waals surface area contributed by atoms with E-state index in [1.807, 2.05) is 0 Å². The molecule has 0 aliphatic heterocycles. The zero-order chi connectivity index (χ0) is 7.56. The Kier molecular flexibility index (Phi) is 1.97. The largest absolute Gasteiger partial charge is 0.445 e. The molecule has 0 saturated carbocycles. The monoisotopic (exact) mass is 160 g/mol. The van der Waals surface area contributed by atoms with Gasteiger partial charge >= 0.3 is 5.88 Å². The van der Waals surface area contributed by atoms with Crippen molar-refractivity contribution >= 4 is 11.6 Å². The zero-order valence-corrected chi connectivity index (χ0v) is 6.17. The Morgan fingerprint density at radius 3 is 2.80 bits per heavy atom. The van der Waals surface area contributed by atoms with Crippen LogP contribution in [-0.2, 0) is 0 Å². The Bertz CT molecular complexity index is 239. The van der Waals surface area contributed by atoms with Crippen LogP contribution in [0.3, 0.4) is 0 Å². The van der Waals surface area contributed by atoms with Gasteiger partial charge in [-0.25, -0.2) is 0 Å². The highest BCUT2D eigenvalue weighted by Crippen LogP contribution is 2.07. The number of rotatable bonds is 1. The maximum atomic E-state index is 9.00. The maximum absolute atomic E-state index is 9.00. The highest BCUT2D eigenvalue weighted by Gasteiger charge is 2.08. The first-order valence-electron chi connectivity index (χ1n) is 2.68. The van der Waals surface area contributed by atoms with Crippen LogP contribution in [-0.4, -0.2) is 12.3 Å². The average molecular weight is 161 g/mol. The van der Waals surface area contributed by atoms with Crippen molar-refractivity contribution < 1.29 is 14.7 Å². The third-order valence-corrected chi connectivity index (χ3v) is 1.29. The van der Waals surface area contributed by atoms with Gasteiger partial charge in [-0.3, -0.25) is 5.21 Å².